The van der Waals surface area contributed by atoms with Crippen molar-refractivity contribution in [2.75, 3.05) is 12.4 Å². The average molecular weight is 473 g/mol. The van der Waals surface area contributed by atoms with Crippen LogP contribution in [-0.2, 0) is 30.0 Å². The quantitative estimate of drug-likeness (QED) is 0.486. The second-order valence-electron chi connectivity index (χ2n) is 9.48. The van der Waals surface area contributed by atoms with Crippen molar-refractivity contribution >= 4 is 9.84 Å². The molecule has 5 nitrogen and oxygen atoms in total. The van der Waals surface area contributed by atoms with Crippen LogP contribution in [0.2, 0.25) is 0 Å². The highest BCUT2D eigenvalue weighted by atomic mass is 32.2. The maximum absolute atomic E-state index is 13.3. The van der Waals surface area contributed by atoms with Crippen LogP contribution < -0.4 is 0 Å². The lowest BCUT2D eigenvalue weighted by atomic mass is 9.94. The molecule has 2 aromatic rings. The Balaban J connectivity index is 1.56. The number of hydrogen-bond donors (Lipinski definition) is 0. The van der Waals surface area contributed by atoms with E-state index in [9.17, 15) is 8.42 Å². The summed E-state index contributed by atoms with van der Waals surface area (Å²) in [6.07, 6.45) is 12.3. The molecule has 1 heterocycles. The van der Waals surface area contributed by atoms with Crippen LogP contribution in [0, 0.1) is 0 Å². The van der Waals surface area contributed by atoms with Gasteiger partial charge in [0.15, 0.2) is 15.4 Å². The molecular formula is C27H36O5S. The van der Waals surface area contributed by atoms with Crippen LogP contribution in [0.15, 0.2) is 65.6 Å². The fourth-order valence-corrected chi connectivity index (χ4v) is 6.52. The van der Waals surface area contributed by atoms with E-state index in [0.717, 1.165) is 44.1 Å². The van der Waals surface area contributed by atoms with Gasteiger partial charge in [-0.15, -0.1) is 0 Å². The number of rotatable bonds is 4. The van der Waals surface area contributed by atoms with E-state index in [0.29, 0.717) is 0 Å². The molecule has 2 fully saturated rings. The van der Waals surface area contributed by atoms with Crippen molar-refractivity contribution in [2.45, 2.75) is 86.9 Å². The normalized spacial score (nSPS) is 25.1. The summed E-state index contributed by atoms with van der Waals surface area (Å²) >= 11 is 0. The van der Waals surface area contributed by atoms with Crippen LogP contribution in [0.25, 0.3) is 0 Å². The molecule has 33 heavy (non-hydrogen) atoms. The van der Waals surface area contributed by atoms with Crippen molar-refractivity contribution < 1.29 is 22.9 Å². The van der Waals surface area contributed by atoms with Gasteiger partial charge in [0.1, 0.15) is 0 Å². The Labute approximate surface area is 198 Å². The molecule has 0 bridgehead atoms. The van der Waals surface area contributed by atoms with Gasteiger partial charge in [0.25, 0.3) is 0 Å². The zero-order valence-corrected chi connectivity index (χ0v) is 20.2. The van der Waals surface area contributed by atoms with Gasteiger partial charge in [-0.3, -0.25) is 0 Å². The van der Waals surface area contributed by atoms with E-state index in [1.165, 1.54) is 32.1 Å². The molecule has 6 heteroatoms. The van der Waals surface area contributed by atoms with E-state index in [2.05, 4.69) is 0 Å². The summed E-state index contributed by atoms with van der Waals surface area (Å²) in [4.78, 5) is 12.5. The van der Waals surface area contributed by atoms with Crippen molar-refractivity contribution in [3.05, 3.63) is 66.2 Å². The first kappa shape index (κ1) is 24.4. The summed E-state index contributed by atoms with van der Waals surface area (Å²) < 4.78 is 33.1. The molecule has 2 aliphatic rings. The van der Waals surface area contributed by atoms with Gasteiger partial charge >= 0.3 is 0 Å². The molecule has 1 spiro atoms. The van der Waals surface area contributed by atoms with Crippen molar-refractivity contribution in [1.82, 2.24) is 0 Å². The lowest BCUT2D eigenvalue weighted by Crippen LogP contribution is -2.53. The van der Waals surface area contributed by atoms with Gasteiger partial charge in [-0.1, -0.05) is 93.5 Å². The van der Waals surface area contributed by atoms with E-state index >= 15 is 0 Å². The SMILES string of the molecule is O=S(=O)(CC1(c2ccccc2)COC2(CCCCCCCCCCC2)OO1)c1ccccc1. The van der Waals surface area contributed by atoms with E-state index < -0.39 is 21.2 Å². The van der Waals surface area contributed by atoms with Gasteiger partial charge in [0.2, 0.25) is 5.79 Å². The number of benzene rings is 2. The molecule has 0 radical (unpaired) electrons. The Bertz CT molecular complexity index is 937. The molecule has 0 aromatic heterocycles. The minimum Gasteiger partial charge on any atom is -0.344 e. The highest BCUT2D eigenvalue weighted by molar-refractivity contribution is 7.91. The second-order valence-corrected chi connectivity index (χ2v) is 11.5. The van der Waals surface area contributed by atoms with E-state index in [1.807, 2.05) is 36.4 Å². The Morgan fingerprint density at radius 2 is 1.18 bits per heavy atom. The third-order valence-corrected chi connectivity index (χ3v) is 8.70. The highest BCUT2D eigenvalue weighted by Crippen LogP contribution is 2.41. The predicted molar refractivity (Wildman–Crippen MR) is 128 cm³/mol. The fourth-order valence-electron chi connectivity index (χ4n) is 4.87. The van der Waals surface area contributed by atoms with Crippen molar-refractivity contribution in [1.29, 1.82) is 0 Å². The third kappa shape index (κ3) is 6.24. The Hall–Kier alpha value is -1.73. The van der Waals surface area contributed by atoms with Crippen molar-refractivity contribution in [3.63, 3.8) is 0 Å². The number of ether oxygens (including phenoxy) is 1. The largest absolute Gasteiger partial charge is 0.344 e. The van der Waals surface area contributed by atoms with E-state index in [1.54, 1.807) is 24.3 Å². The summed E-state index contributed by atoms with van der Waals surface area (Å²) in [6, 6.07) is 17.9. The smallest absolute Gasteiger partial charge is 0.201 e. The zero-order valence-electron chi connectivity index (χ0n) is 19.4. The van der Waals surface area contributed by atoms with E-state index in [-0.39, 0.29) is 17.3 Å². The predicted octanol–water partition coefficient (Wildman–Crippen LogP) is 6.34. The summed E-state index contributed by atoms with van der Waals surface area (Å²) in [6.45, 7) is 0.142. The summed E-state index contributed by atoms with van der Waals surface area (Å²) in [5.74, 6) is -1.04. The Morgan fingerprint density at radius 1 is 0.667 bits per heavy atom. The van der Waals surface area contributed by atoms with Gasteiger partial charge in [-0.2, -0.15) is 0 Å². The van der Waals surface area contributed by atoms with E-state index in [4.69, 9.17) is 14.5 Å². The first-order valence-corrected chi connectivity index (χ1v) is 14.0. The minimum atomic E-state index is -3.63. The monoisotopic (exact) mass is 472 g/mol. The van der Waals surface area contributed by atoms with Crippen LogP contribution in [0.4, 0.5) is 0 Å². The summed E-state index contributed by atoms with van der Waals surface area (Å²) in [7, 11) is -3.63. The summed E-state index contributed by atoms with van der Waals surface area (Å²) in [5.41, 5.74) is -0.474. The Morgan fingerprint density at radius 3 is 1.70 bits per heavy atom. The van der Waals surface area contributed by atoms with Crippen LogP contribution in [0.3, 0.4) is 0 Å². The molecule has 0 N–H and O–H groups in total. The molecule has 1 aliphatic carbocycles. The minimum absolute atomic E-state index is 0.142. The fraction of sp³-hybridized carbons (Fsp3) is 0.556. The average Bonchev–Trinajstić information content (AvgIpc) is 2.84. The lowest BCUT2D eigenvalue weighted by Gasteiger charge is -2.45. The molecule has 1 saturated heterocycles. The molecule has 1 aliphatic heterocycles. The maximum atomic E-state index is 13.3. The maximum Gasteiger partial charge on any atom is 0.201 e. The first-order chi connectivity index (χ1) is 16.0. The molecule has 180 valence electrons. The lowest BCUT2D eigenvalue weighted by molar-refractivity contribution is -0.516. The van der Waals surface area contributed by atoms with Crippen LogP contribution in [0.5, 0.6) is 0 Å². The van der Waals surface area contributed by atoms with Crippen LogP contribution in [0.1, 0.15) is 76.2 Å². The standard InChI is InChI=1S/C27H36O5S/c28-33(29,25-18-12-9-13-19-25)23-26(24-16-10-8-11-17-24)22-30-27(32-31-26)20-14-6-4-2-1-3-5-7-15-21-27/h8-13,16-19H,1-7,14-15,20-23H2. The van der Waals surface area contributed by atoms with Gasteiger partial charge in [0, 0.05) is 12.8 Å². The van der Waals surface area contributed by atoms with Gasteiger partial charge in [-0.25, -0.2) is 18.2 Å². The molecule has 1 unspecified atom stereocenters. The van der Waals surface area contributed by atoms with Crippen molar-refractivity contribution in [2.24, 2.45) is 0 Å². The molecule has 4 rings (SSSR count). The molecule has 1 atom stereocenters. The topological polar surface area (TPSA) is 61.8 Å². The molecule has 1 saturated carbocycles. The second kappa shape index (κ2) is 11.1. The molecular weight excluding hydrogens is 436 g/mol. The van der Waals surface area contributed by atoms with Gasteiger partial charge < -0.3 is 4.74 Å². The molecule has 0 amide bonds. The number of sulfone groups is 1. The highest BCUT2D eigenvalue weighted by Gasteiger charge is 2.49. The Kier molecular flexibility index (Phi) is 8.23. The van der Waals surface area contributed by atoms with Crippen molar-refractivity contribution in [3.8, 4) is 0 Å². The molecule has 2 aromatic carbocycles. The van der Waals surface area contributed by atoms with Crippen LogP contribution >= 0.6 is 0 Å². The summed E-state index contributed by atoms with van der Waals surface area (Å²) in [5, 5.41) is 0. The third-order valence-electron chi connectivity index (χ3n) is 6.86. The van der Waals surface area contributed by atoms with Gasteiger partial charge in [-0.05, 0) is 30.5 Å². The zero-order chi connectivity index (χ0) is 23.0. The van der Waals surface area contributed by atoms with Crippen LogP contribution in [-0.4, -0.2) is 26.6 Å². The van der Waals surface area contributed by atoms with Gasteiger partial charge in [0.05, 0.1) is 17.3 Å². The number of hydrogen-bond acceptors (Lipinski definition) is 5. The first-order valence-electron chi connectivity index (χ1n) is 12.4.